The largest absolute Gasteiger partial charge is 0.481 e. The molecule has 0 radical (unpaired) electrons. The fourth-order valence-electron chi connectivity index (χ4n) is 1.56. The van der Waals surface area contributed by atoms with E-state index in [9.17, 15) is 9.59 Å². The molecule has 2 N–H and O–H groups in total. The van der Waals surface area contributed by atoms with Crippen molar-refractivity contribution in [3.63, 3.8) is 0 Å². The molecule has 0 spiro atoms. The van der Waals surface area contributed by atoms with Gasteiger partial charge in [0.1, 0.15) is 0 Å². The predicted molar refractivity (Wildman–Crippen MR) is 73.4 cm³/mol. The molecule has 0 aliphatic rings. The Morgan fingerprint density at radius 2 is 2.26 bits per heavy atom. The van der Waals surface area contributed by atoms with Gasteiger partial charge in [-0.05, 0) is 6.92 Å². The first-order valence-electron chi connectivity index (χ1n) is 6.02. The quantitative estimate of drug-likeness (QED) is 0.826. The average Bonchev–Trinajstić information content (AvgIpc) is 2.74. The van der Waals surface area contributed by atoms with E-state index in [0.29, 0.717) is 6.54 Å². The molecule has 1 atom stereocenters. The molecule has 19 heavy (non-hydrogen) atoms. The lowest BCUT2D eigenvalue weighted by molar-refractivity contribution is -0.141. The van der Waals surface area contributed by atoms with E-state index in [4.69, 9.17) is 5.11 Å². The normalized spacial score (nSPS) is 11.9. The van der Waals surface area contributed by atoms with Gasteiger partial charge in [0.15, 0.2) is 0 Å². The summed E-state index contributed by atoms with van der Waals surface area (Å²) < 4.78 is 0. The van der Waals surface area contributed by atoms with Crippen molar-refractivity contribution in [3.05, 3.63) is 16.1 Å². The Bertz CT molecular complexity index is 447. The van der Waals surface area contributed by atoms with Gasteiger partial charge in [-0.2, -0.15) is 0 Å². The molecule has 1 rings (SSSR count). The number of nitrogens with zero attached hydrogens (tertiary/aromatic N) is 2. The Morgan fingerprint density at radius 3 is 2.79 bits per heavy atom. The molecule has 0 aliphatic carbocycles. The third kappa shape index (κ3) is 4.86. The van der Waals surface area contributed by atoms with Gasteiger partial charge in [0.05, 0.1) is 17.1 Å². The number of thiazole rings is 1. The molecular weight excluding hydrogens is 266 g/mol. The standard InChI is InChI=1S/C12H19N3O3S/c1-8(11(16)17)6-15(3)12(18)13-5-4-10-9(2)14-7-19-10/h7-8H,4-6H2,1-3H3,(H,13,18)(H,16,17). The monoisotopic (exact) mass is 285 g/mol. The van der Waals surface area contributed by atoms with Gasteiger partial charge in [-0.15, -0.1) is 11.3 Å². The molecule has 106 valence electrons. The van der Waals surface area contributed by atoms with Gasteiger partial charge in [0, 0.05) is 31.4 Å². The number of amides is 2. The van der Waals surface area contributed by atoms with Crippen molar-refractivity contribution >= 4 is 23.3 Å². The van der Waals surface area contributed by atoms with Gasteiger partial charge in [-0.1, -0.05) is 6.92 Å². The molecule has 1 unspecified atom stereocenters. The van der Waals surface area contributed by atoms with Crippen LogP contribution in [0.1, 0.15) is 17.5 Å². The first-order chi connectivity index (χ1) is 8.91. The second kappa shape index (κ2) is 7.08. The Balaban J connectivity index is 2.31. The number of nitrogens with one attached hydrogen (secondary N) is 1. The van der Waals surface area contributed by atoms with Crippen molar-refractivity contribution in [1.29, 1.82) is 0 Å². The molecule has 0 bridgehead atoms. The zero-order valence-corrected chi connectivity index (χ0v) is 12.2. The Morgan fingerprint density at radius 1 is 1.58 bits per heavy atom. The van der Waals surface area contributed by atoms with Gasteiger partial charge in [-0.25, -0.2) is 9.78 Å². The first kappa shape index (κ1) is 15.4. The maximum atomic E-state index is 11.7. The number of hydrogen-bond acceptors (Lipinski definition) is 4. The minimum atomic E-state index is -0.903. The fraction of sp³-hybridized carbons (Fsp3) is 0.583. The summed E-state index contributed by atoms with van der Waals surface area (Å²) in [5.74, 6) is -1.47. The number of rotatable bonds is 6. The van der Waals surface area contributed by atoms with Crippen LogP contribution in [0, 0.1) is 12.8 Å². The Kier molecular flexibility index (Phi) is 5.75. The van der Waals surface area contributed by atoms with Gasteiger partial charge in [0.2, 0.25) is 0 Å². The number of aliphatic carboxylic acids is 1. The number of aromatic nitrogens is 1. The van der Waals surface area contributed by atoms with Gasteiger partial charge < -0.3 is 15.3 Å². The van der Waals surface area contributed by atoms with E-state index in [0.717, 1.165) is 17.0 Å². The second-order valence-corrected chi connectivity index (χ2v) is 5.40. The first-order valence-corrected chi connectivity index (χ1v) is 6.90. The van der Waals surface area contributed by atoms with Crippen LogP contribution in [0.4, 0.5) is 4.79 Å². The number of carbonyl (C=O) groups is 2. The third-order valence-electron chi connectivity index (χ3n) is 2.79. The molecule has 2 amide bonds. The summed E-state index contributed by atoms with van der Waals surface area (Å²) in [7, 11) is 1.59. The minimum Gasteiger partial charge on any atom is -0.481 e. The van der Waals surface area contributed by atoms with E-state index < -0.39 is 11.9 Å². The summed E-state index contributed by atoms with van der Waals surface area (Å²) in [4.78, 5) is 29.1. The highest BCUT2D eigenvalue weighted by Gasteiger charge is 2.16. The van der Waals surface area contributed by atoms with Crippen LogP contribution in [0.2, 0.25) is 0 Å². The van der Waals surface area contributed by atoms with Crippen molar-refractivity contribution in [3.8, 4) is 0 Å². The molecule has 0 saturated carbocycles. The highest BCUT2D eigenvalue weighted by Crippen LogP contribution is 2.11. The van der Waals surface area contributed by atoms with E-state index in [1.807, 2.05) is 6.92 Å². The number of carbonyl (C=O) groups excluding carboxylic acids is 1. The molecule has 7 heteroatoms. The zero-order chi connectivity index (χ0) is 14.4. The van der Waals surface area contributed by atoms with Crippen molar-refractivity contribution < 1.29 is 14.7 Å². The molecular formula is C12H19N3O3S. The SMILES string of the molecule is Cc1ncsc1CCNC(=O)N(C)CC(C)C(=O)O. The van der Waals surface area contributed by atoms with Crippen LogP contribution in [0.25, 0.3) is 0 Å². The molecule has 0 aliphatic heterocycles. The lowest BCUT2D eigenvalue weighted by Gasteiger charge is -2.19. The predicted octanol–water partition coefficient (Wildman–Crippen LogP) is 1.36. The third-order valence-corrected chi connectivity index (χ3v) is 3.78. The van der Waals surface area contributed by atoms with Crippen LogP contribution in [0.3, 0.4) is 0 Å². The van der Waals surface area contributed by atoms with Crippen LogP contribution < -0.4 is 5.32 Å². The number of urea groups is 1. The average molecular weight is 285 g/mol. The summed E-state index contributed by atoms with van der Waals surface area (Å²) in [6, 6.07) is -0.254. The lowest BCUT2D eigenvalue weighted by Crippen LogP contribution is -2.41. The summed E-state index contributed by atoms with van der Waals surface area (Å²) in [6.45, 7) is 4.23. The van der Waals surface area contributed by atoms with E-state index in [1.165, 1.54) is 4.90 Å². The maximum Gasteiger partial charge on any atom is 0.317 e. The molecule has 1 aromatic rings. The van der Waals surface area contributed by atoms with Crippen LogP contribution in [-0.4, -0.2) is 47.1 Å². The van der Waals surface area contributed by atoms with E-state index in [1.54, 1.807) is 30.8 Å². The Labute approximate surface area is 116 Å². The molecule has 0 fully saturated rings. The molecule has 0 saturated heterocycles. The van der Waals surface area contributed by atoms with Crippen LogP contribution in [0.5, 0.6) is 0 Å². The highest BCUT2D eigenvalue weighted by molar-refractivity contribution is 7.09. The zero-order valence-electron chi connectivity index (χ0n) is 11.3. The molecule has 1 heterocycles. The maximum absolute atomic E-state index is 11.7. The van der Waals surface area contributed by atoms with Crippen molar-refractivity contribution in [2.24, 2.45) is 5.92 Å². The second-order valence-electron chi connectivity index (χ2n) is 4.46. The van der Waals surface area contributed by atoms with Crippen molar-refractivity contribution in [2.75, 3.05) is 20.1 Å². The van der Waals surface area contributed by atoms with Crippen molar-refractivity contribution in [1.82, 2.24) is 15.2 Å². The smallest absolute Gasteiger partial charge is 0.317 e. The highest BCUT2D eigenvalue weighted by atomic mass is 32.1. The number of carboxylic acids is 1. The topological polar surface area (TPSA) is 82.5 Å². The van der Waals surface area contributed by atoms with E-state index in [2.05, 4.69) is 10.3 Å². The molecule has 0 aromatic carbocycles. The minimum absolute atomic E-state index is 0.195. The summed E-state index contributed by atoms with van der Waals surface area (Å²) in [5.41, 5.74) is 2.78. The summed E-state index contributed by atoms with van der Waals surface area (Å²) in [5, 5.41) is 11.5. The van der Waals surface area contributed by atoms with Crippen LogP contribution in [-0.2, 0) is 11.2 Å². The van der Waals surface area contributed by atoms with Crippen LogP contribution >= 0.6 is 11.3 Å². The van der Waals surface area contributed by atoms with E-state index in [-0.39, 0.29) is 12.6 Å². The van der Waals surface area contributed by atoms with Gasteiger partial charge in [-0.3, -0.25) is 4.79 Å². The van der Waals surface area contributed by atoms with Gasteiger partial charge >= 0.3 is 12.0 Å². The molecule has 6 nitrogen and oxygen atoms in total. The fourth-order valence-corrected chi connectivity index (χ4v) is 2.34. The van der Waals surface area contributed by atoms with Gasteiger partial charge in [0.25, 0.3) is 0 Å². The van der Waals surface area contributed by atoms with Crippen LogP contribution in [0.15, 0.2) is 5.51 Å². The summed E-state index contributed by atoms with van der Waals surface area (Å²) >= 11 is 1.57. The van der Waals surface area contributed by atoms with Crippen molar-refractivity contribution in [2.45, 2.75) is 20.3 Å². The lowest BCUT2D eigenvalue weighted by atomic mass is 10.2. The van der Waals surface area contributed by atoms with E-state index >= 15 is 0 Å². The Hall–Kier alpha value is -1.63. The number of hydrogen-bond donors (Lipinski definition) is 2. The molecule has 1 aromatic heterocycles. The number of carboxylic acid groups (broad SMARTS) is 1. The number of aryl methyl sites for hydroxylation is 1. The summed E-state index contributed by atoms with van der Waals surface area (Å²) in [6.07, 6.45) is 0.741.